The summed E-state index contributed by atoms with van der Waals surface area (Å²) in [6, 6.07) is 8.93. The van der Waals surface area contributed by atoms with Gasteiger partial charge in [0.1, 0.15) is 5.82 Å². The molecule has 3 nitrogen and oxygen atoms in total. The SMILES string of the molecule is CCc1cc(CN[C@H](C)c2ccccc2F)n(C)n1. The molecule has 0 saturated carbocycles. The van der Waals surface area contributed by atoms with E-state index in [0.29, 0.717) is 12.1 Å². The predicted octanol–water partition coefficient (Wildman–Crippen LogP) is 2.97. The smallest absolute Gasteiger partial charge is 0.127 e. The van der Waals surface area contributed by atoms with Crippen LogP contribution < -0.4 is 5.32 Å². The van der Waals surface area contributed by atoms with Crippen LogP contribution in [0.15, 0.2) is 30.3 Å². The minimum atomic E-state index is -0.165. The number of nitrogens with one attached hydrogen (secondary N) is 1. The first kappa shape index (κ1) is 13.7. The van der Waals surface area contributed by atoms with E-state index in [1.807, 2.05) is 30.8 Å². The normalized spacial score (nSPS) is 12.6. The largest absolute Gasteiger partial charge is 0.304 e. The minimum absolute atomic E-state index is 0.0267. The molecule has 0 saturated heterocycles. The second-order valence-electron chi connectivity index (χ2n) is 4.73. The highest BCUT2D eigenvalue weighted by Gasteiger charge is 2.11. The van der Waals surface area contributed by atoms with E-state index in [2.05, 4.69) is 23.4 Å². The molecule has 1 N–H and O–H groups in total. The zero-order valence-corrected chi connectivity index (χ0v) is 11.7. The van der Waals surface area contributed by atoms with Crippen molar-refractivity contribution in [3.8, 4) is 0 Å². The molecule has 0 radical (unpaired) electrons. The molecule has 102 valence electrons. The standard InChI is InChI=1S/C15H20FN3/c1-4-12-9-13(19(3)18-12)10-17-11(2)14-7-5-6-8-15(14)16/h5-9,11,17H,4,10H2,1-3H3/t11-/m1/s1. The summed E-state index contributed by atoms with van der Waals surface area (Å²) in [7, 11) is 1.93. The Hall–Kier alpha value is -1.68. The van der Waals surface area contributed by atoms with Gasteiger partial charge in [-0.05, 0) is 25.5 Å². The Kier molecular flexibility index (Phi) is 4.32. The quantitative estimate of drug-likeness (QED) is 0.896. The van der Waals surface area contributed by atoms with Gasteiger partial charge in [0.15, 0.2) is 0 Å². The Bertz CT molecular complexity index is 548. The molecule has 2 rings (SSSR count). The molecule has 1 heterocycles. The Morgan fingerprint density at radius 1 is 1.37 bits per heavy atom. The van der Waals surface area contributed by atoms with Crippen LogP contribution in [0.2, 0.25) is 0 Å². The third-order valence-corrected chi connectivity index (χ3v) is 3.35. The summed E-state index contributed by atoms with van der Waals surface area (Å²) in [5.41, 5.74) is 2.89. The van der Waals surface area contributed by atoms with Crippen LogP contribution >= 0.6 is 0 Å². The van der Waals surface area contributed by atoms with Crippen molar-refractivity contribution in [2.45, 2.75) is 32.9 Å². The van der Waals surface area contributed by atoms with Crippen molar-refractivity contribution >= 4 is 0 Å². The van der Waals surface area contributed by atoms with Crippen molar-refractivity contribution in [1.82, 2.24) is 15.1 Å². The number of hydrogen-bond acceptors (Lipinski definition) is 2. The minimum Gasteiger partial charge on any atom is -0.304 e. The number of halogens is 1. The van der Waals surface area contributed by atoms with Gasteiger partial charge in [0.25, 0.3) is 0 Å². The van der Waals surface area contributed by atoms with Gasteiger partial charge in [-0.15, -0.1) is 0 Å². The van der Waals surface area contributed by atoms with Crippen LogP contribution in [0, 0.1) is 5.82 Å². The van der Waals surface area contributed by atoms with E-state index in [1.54, 1.807) is 6.07 Å². The van der Waals surface area contributed by atoms with Gasteiger partial charge in [0.05, 0.1) is 11.4 Å². The van der Waals surface area contributed by atoms with E-state index in [4.69, 9.17) is 0 Å². The van der Waals surface area contributed by atoms with Crippen molar-refractivity contribution < 1.29 is 4.39 Å². The maximum Gasteiger partial charge on any atom is 0.127 e. The molecule has 0 aliphatic heterocycles. The molecule has 0 fully saturated rings. The van der Waals surface area contributed by atoms with E-state index in [-0.39, 0.29) is 11.9 Å². The molecule has 0 spiro atoms. The summed E-state index contributed by atoms with van der Waals surface area (Å²) in [5, 5.41) is 7.73. The van der Waals surface area contributed by atoms with Gasteiger partial charge in [0.2, 0.25) is 0 Å². The number of nitrogens with zero attached hydrogens (tertiary/aromatic N) is 2. The van der Waals surface area contributed by atoms with E-state index in [1.165, 1.54) is 6.07 Å². The fraction of sp³-hybridized carbons (Fsp3) is 0.400. The van der Waals surface area contributed by atoms with Crippen molar-refractivity contribution in [2.75, 3.05) is 0 Å². The van der Waals surface area contributed by atoms with Gasteiger partial charge in [-0.25, -0.2) is 4.39 Å². The van der Waals surface area contributed by atoms with Crippen LogP contribution in [0.4, 0.5) is 4.39 Å². The summed E-state index contributed by atoms with van der Waals surface area (Å²) in [6.07, 6.45) is 0.927. The number of aryl methyl sites for hydroxylation is 2. The maximum absolute atomic E-state index is 13.6. The number of rotatable bonds is 5. The van der Waals surface area contributed by atoms with Crippen LogP contribution in [0.1, 0.15) is 36.8 Å². The first-order valence-electron chi connectivity index (χ1n) is 6.61. The summed E-state index contributed by atoms with van der Waals surface area (Å²) in [5.74, 6) is -0.165. The molecule has 4 heteroatoms. The topological polar surface area (TPSA) is 29.9 Å². The van der Waals surface area contributed by atoms with E-state index >= 15 is 0 Å². The Morgan fingerprint density at radius 2 is 2.11 bits per heavy atom. The van der Waals surface area contributed by atoms with Gasteiger partial charge < -0.3 is 5.32 Å². The van der Waals surface area contributed by atoms with Crippen molar-refractivity contribution in [1.29, 1.82) is 0 Å². The van der Waals surface area contributed by atoms with E-state index < -0.39 is 0 Å². The molecule has 0 amide bonds. The van der Waals surface area contributed by atoms with E-state index in [0.717, 1.165) is 17.8 Å². The molecule has 0 aliphatic rings. The monoisotopic (exact) mass is 261 g/mol. The van der Waals surface area contributed by atoms with Crippen molar-refractivity contribution in [2.24, 2.45) is 7.05 Å². The fourth-order valence-electron chi connectivity index (χ4n) is 2.10. The lowest BCUT2D eigenvalue weighted by molar-refractivity contribution is 0.515. The summed E-state index contributed by atoms with van der Waals surface area (Å²) in [6.45, 7) is 4.73. The first-order chi connectivity index (χ1) is 9.11. The van der Waals surface area contributed by atoms with Gasteiger partial charge in [-0.1, -0.05) is 25.1 Å². The Morgan fingerprint density at radius 3 is 2.74 bits per heavy atom. The number of benzene rings is 1. The Labute approximate surface area is 113 Å². The van der Waals surface area contributed by atoms with Crippen LogP contribution in [-0.4, -0.2) is 9.78 Å². The van der Waals surface area contributed by atoms with Crippen LogP contribution in [0.3, 0.4) is 0 Å². The molecule has 1 atom stereocenters. The van der Waals surface area contributed by atoms with Crippen LogP contribution in [0.25, 0.3) is 0 Å². The molecule has 0 bridgehead atoms. The zero-order chi connectivity index (χ0) is 13.8. The fourth-order valence-corrected chi connectivity index (χ4v) is 2.10. The number of hydrogen-bond donors (Lipinski definition) is 1. The average Bonchev–Trinajstić information content (AvgIpc) is 2.77. The van der Waals surface area contributed by atoms with Crippen LogP contribution in [0.5, 0.6) is 0 Å². The van der Waals surface area contributed by atoms with Crippen molar-refractivity contribution in [3.63, 3.8) is 0 Å². The average molecular weight is 261 g/mol. The molecular weight excluding hydrogens is 241 g/mol. The molecule has 0 aliphatic carbocycles. The third kappa shape index (κ3) is 3.20. The van der Waals surface area contributed by atoms with E-state index in [9.17, 15) is 4.39 Å². The van der Waals surface area contributed by atoms with Gasteiger partial charge >= 0.3 is 0 Å². The lowest BCUT2D eigenvalue weighted by atomic mass is 10.1. The second-order valence-corrected chi connectivity index (χ2v) is 4.73. The highest BCUT2D eigenvalue weighted by molar-refractivity contribution is 5.21. The third-order valence-electron chi connectivity index (χ3n) is 3.35. The summed E-state index contributed by atoms with van der Waals surface area (Å²) < 4.78 is 15.5. The highest BCUT2D eigenvalue weighted by Crippen LogP contribution is 2.16. The van der Waals surface area contributed by atoms with Gasteiger partial charge in [-0.3, -0.25) is 4.68 Å². The second kappa shape index (κ2) is 5.97. The van der Waals surface area contributed by atoms with Crippen molar-refractivity contribution in [3.05, 3.63) is 53.1 Å². The molecule has 2 aromatic rings. The predicted molar refractivity (Wildman–Crippen MR) is 74.2 cm³/mol. The van der Waals surface area contributed by atoms with Gasteiger partial charge in [-0.2, -0.15) is 5.10 Å². The molecular formula is C15H20FN3. The van der Waals surface area contributed by atoms with Gasteiger partial charge in [0, 0.05) is 25.2 Å². The molecule has 1 aromatic carbocycles. The van der Waals surface area contributed by atoms with Crippen LogP contribution in [-0.2, 0) is 20.0 Å². The highest BCUT2D eigenvalue weighted by atomic mass is 19.1. The number of aromatic nitrogens is 2. The lowest BCUT2D eigenvalue weighted by Crippen LogP contribution is -2.20. The lowest BCUT2D eigenvalue weighted by Gasteiger charge is -2.14. The zero-order valence-electron chi connectivity index (χ0n) is 11.7. The summed E-state index contributed by atoms with van der Waals surface area (Å²) in [4.78, 5) is 0. The molecule has 1 aromatic heterocycles. The maximum atomic E-state index is 13.6. The molecule has 0 unspecified atom stereocenters. The summed E-state index contributed by atoms with van der Waals surface area (Å²) >= 11 is 0. The molecule has 19 heavy (non-hydrogen) atoms. The Balaban J connectivity index is 2.02. The first-order valence-corrected chi connectivity index (χ1v) is 6.61.